The third kappa shape index (κ3) is 5.88. The van der Waals surface area contributed by atoms with Crippen LogP contribution in [0.15, 0.2) is 115 Å². The molecule has 4 aromatic heterocycles. The molecule has 40 heavy (non-hydrogen) atoms. The van der Waals surface area contributed by atoms with Gasteiger partial charge in [-0.15, -0.1) is 0 Å². The van der Waals surface area contributed by atoms with Gasteiger partial charge in [-0.2, -0.15) is 16.4 Å². The minimum atomic E-state index is 0.681. The van der Waals surface area contributed by atoms with Gasteiger partial charge in [0.05, 0.1) is 11.4 Å². The highest BCUT2D eigenvalue weighted by atomic mass is 32.1. The second kappa shape index (κ2) is 12.6. The van der Waals surface area contributed by atoms with Crippen LogP contribution in [-0.2, 0) is 6.54 Å². The summed E-state index contributed by atoms with van der Waals surface area (Å²) in [5.41, 5.74) is 11.6. The lowest BCUT2D eigenvalue weighted by molar-refractivity contribution is 0.747. The van der Waals surface area contributed by atoms with Crippen LogP contribution < -0.4 is 5.32 Å². The highest BCUT2D eigenvalue weighted by Crippen LogP contribution is 2.34. The summed E-state index contributed by atoms with van der Waals surface area (Å²) in [6.07, 6.45) is 11.9. The first-order valence-corrected chi connectivity index (χ1v) is 14.2. The van der Waals surface area contributed by atoms with Crippen LogP contribution in [0, 0.1) is 6.92 Å². The number of hydrogen-bond donors (Lipinski definition) is 3. The minimum absolute atomic E-state index is 0.681. The number of benzene rings is 1. The van der Waals surface area contributed by atoms with Gasteiger partial charge in [0.25, 0.3) is 0 Å². The Morgan fingerprint density at radius 2 is 1.95 bits per heavy atom. The van der Waals surface area contributed by atoms with Crippen molar-refractivity contribution in [2.24, 2.45) is 0 Å². The van der Waals surface area contributed by atoms with Crippen molar-refractivity contribution in [3.8, 4) is 11.4 Å². The molecule has 1 aromatic carbocycles. The fraction of sp³-hybridized carbons (Fsp3) is 0.118. The van der Waals surface area contributed by atoms with Gasteiger partial charge in [-0.1, -0.05) is 73.9 Å². The topological polar surface area (TPSA) is 69.4 Å². The van der Waals surface area contributed by atoms with E-state index in [2.05, 4.69) is 117 Å². The summed E-state index contributed by atoms with van der Waals surface area (Å²) in [6.45, 7) is 13.6. The molecule has 0 spiro atoms. The highest BCUT2D eigenvalue weighted by Gasteiger charge is 2.17. The number of nitrogens with one attached hydrogen (secondary N) is 3. The van der Waals surface area contributed by atoms with Gasteiger partial charge < -0.3 is 10.3 Å². The lowest BCUT2D eigenvalue weighted by Crippen LogP contribution is -2.15. The molecule has 0 saturated heterocycles. The van der Waals surface area contributed by atoms with Crippen molar-refractivity contribution in [1.82, 2.24) is 25.5 Å². The number of aromatic amines is 2. The van der Waals surface area contributed by atoms with E-state index in [-0.39, 0.29) is 0 Å². The van der Waals surface area contributed by atoms with Gasteiger partial charge in [-0.25, -0.2) is 4.98 Å². The Morgan fingerprint density at radius 1 is 1.10 bits per heavy atom. The summed E-state index contributed by atoms with van der Waals surface area (Å²) < 4.78 is 0. The van der Waals surface area contributed by atoms with Crippen molar-refractivity contribution >= 4 is 33.5 Å². The SMILES string of the molecule is C=C/C=C(/c1ccsc1)c1cc(-c2[nH]nc3ncc(C(/C=C(\C=C)CNCc4ccccc4)=C/C)cc23)[nH]c1C. The second-order valence-corrected chi connectivity index (χ2v) is 10.3. The number of thiophene rings is 1. The smallest absolute Gasteiger partial charge is 0.181 e. The summed E-state index contributed by atoms with van der Waals surface area (Å²) in [5, 5.41) is 16.4. The summed E-state index contributed by atoms with van der Waals surface area (Å²) in [4.78, 5) is 8.24. The Kier molecular flexibility index (Phi) is 8.50. The van der Waals surface area contributed by atoms with Gasteiger partial charge in [0.2, 0.25) is 0 Å². The number of aryl methyl sites for hydroxylation is 1. The number of aromatic nitrogens is 4. The molecule has 0 amide bonds. The van der Waals surface area contributed by atoms with Crippen LogP contribution in [0.4, 0.5) is 0 Å². The number of fused-ring (bicyclic) bond motifs is 1. The van der Waals surface area contributed by atoms with E-state index in [9.17, 15) is 0 Å². The standard InChI is InChI=1S/C34H33N5S/c1-5-11-29(27-14-15-40-22-27)30-18-32(37-23(30)4)33-31-17-28(21-36-34(31)39-38-33)26(7-3)16-24(6-2)19-35-20-25-12-9-8-10-13-25/h5-18,21-22,35,37H,1-2,19-20H2,3-4H3,(H,36,38,39)/b24-16+,26-7+,29-11-. The molecule has 0 saturated carbocycles. The van der Waals surface area contributed by atoms with Crippen LogP contribution in [0.3, 0.4) is 0 Å². The zero-order valence-corrected chi connectivity index (χ0v) is 23.7. The van der Waals surface area contributed by atoms with Crippen LogP contribution >= 0.6 is 11.3 Å². The Balaban J connectivity index is 1.43. The number of rotatable bonds is 11. The lowest BCUT2D eigenvalue weighted by atomic mass is 9.99. The van der Waals surface area contributed by atoms with Gasteiger partial charge >= 0.3 is 0 Å². The van der Waals surface area contributed by atoms with Crippen LogP contribution in [0.5, 0.6) is 0 Å². The maximum absolute atomic E-state index is 4.67. The summed E-state index contributed by atoms with van der Waals surface area (Å²) >= 11 is 1.69. The fourth-order valence-corrected chi connectivity index (χ4v) is 5.43. The molecule has 0 aliphatic rings. The van der Waals surface area contributed by atoms with E-state index in [1.54, 1.807) is 11.3 Å². The van der Waals surface area contributed by atoms with Gasteiger partial charge in [0, 0.05) is 41.5 Å². The maximum atomic E-state index is 4.67. The van der Waals surface area contributed by atoms with Crippen LogP contribution in [0.25, 0.3) is 33.6 Å². The van der Waals surface area contributed by atoms with E-state index >= 15 is 0 Å². The zero-order valence-electron chi connectivity index (χ0n) is 22.9. The molecule has 3 N–H and O–H groups in total. The zero-order chi connectivity index (χ0) is 27.9. The van der Waals surface area contributed by atoms with Gasteiger partial charge in [-0.3, -0.25) is 5.10 Å². The van der Waals surface area contributed by atoms with Crippen molar-refractivity contribution in [2.45, 2.75) is 20.4 Å². The highest BCUT2D eigenvalue weighted by molar-refractivity contribution is 7.08. The van der Waals surface area contributed by atoms with Crippen molar-refractivity contribution in [3.63, 3.8) is 0 Å². The fourth-order valence-electron chi connectivity index (χ4n) is 4.77. The molecule has 0 aliphatic heterocycles. The van der Waals surface area contributed by atoms with Gasteiger partial charge in [0.1, 0.15) is 0 Å². The first-order chi connectivity index (χ1) is 19.6. The molecule has 0 fully saturated rings. The van der Waals surface area contributed by atoms with Crippen molar-refractivity contribution < 1.29 is 0 Å². The molecular weight excluding hydrogens is 510 g/mol. The predicted octanol–water partition coefficient (Wildman–Crippen LogP) is 8.25. The number of H-pyrrole nitrogens is 2. The maximum Gasteiger partial charge on any atom is 0.181 e. The monoisotopic (exact) mass is 543 g/mol. The molecule has 0 atom stereocenters. The van der Waals surface area contributed by atoms with Gasteiger partial charge in [0.15, 0.2) is 5.65 Å². The Hall–Kier alpha value is -4.52. The van der Waals surface area contributed by atoms with Crippen LogP contribution in [0.2, 0.25) is 0 Å². The summed E-state index contributed by atoms with van der Waals surface area (Å²) in [7, 11) is 0. The van der Waals surface area contributed by atoms with E-state index in [0.29, 0.717) is 5.65 Å². The molecule has 5 aromatic rings. The lowest BCUT2D eigenvalue weighted by Gasteiger charge is -2.08. The van der Waals surface area contributed by atoms with Crippen molar-refractivity contribution in [1.29, 1.82) is 0 Å². The summed E-state index contributed by atoms with van der Waals surface area (Å²) in [6, 6.07) is 16.9. The van der Waals surface area contributed by atoms with Crippen LogP contribution in [0.1, 0.15) is 34.9 Å². The van der Waals surface area contributed by atoms with Crippen molar-refractivity contribution in [3.05, 3.63) is 143 Å². The molecule has 5 nitrogen and oxygen atoms in total. The van der Waals surface area contributed by atoms with E-state index < -0.39 is 0 Å². The normalized spacial score (nSPS) is 12.7. The number of allylic oxidation sites excluding steroid dienone is 5. The average Bonchev–Trinajstić information content (AvgIpc) is 3.74. The molecule has 0 unspecified atom stereocenters. The molecule has 200 valence electrons. The van der Waals surface area contributed by atoms with E-state index in [1.807, 2.05) is 31.3 Å². The average molecular weight is 544 g/mol. The molecule has 0 aliphatic carbocycles. The molecular formula is C34H33N5S. The van der Waals surface area contributed by atoms with E-state index in [0.717, 1.165) is 63.4 Å². The molecule has 0 radical (unpaired) electrons. The number of pyridine rings is 1. The first-order valence-electron chi connectivity index (χ1n) is 13.2. The number of nitrogens with zero attached hydrogens (tertiary/aromatic N) is 2. The molecule has 5 rings (SSSR count). The molecule has 6 heteroatoms. The largest absolute Gasteiger partial charge is 0.357 e. The van der Waals surface area contributed by atoms with Gasteiger partial charge in [-0.05, 0) is 70.7 Å². The Labute approximate surface area is 239 Å². The number of hydrogen-bond acceptors (Lipinski definition) is 4. The van der Waals surface area contributed by atoms with Crippen molar-refractivity contribution in [2.75, 3.05) is 6.54 Å². The Bertz CT molecular complexity index is 1710. The quantitative estimate of drug-likeness (QED) is 0.147. The predicted molar refractivity (Wildman–Crippen MR) is 170 cm³/mol. The van der Waals surface area contributed by atoms with E-state index in [4.69, 9.17) is 0 Å². The van der Waals surface area contributed by atoms with E-state index in [1.165, 1.54) is 11.1 Å². The third-order valence-corrected chi connectivity index (χ3v) is 7.53. The molecule has 4 heterocycles. The third-order valence-electron chi connectivity index (χ3n) is 6.85. The minimum Gasteiger partial charge on any atom is -0.357 e. The summed E-state index contributed by atoms with van der Waals surface area (Å²) in [5.74, 6) is 0. The second-order valence-electron chi connectivity index (χ2n) is 9.50. The van der Waals surface area contributed by atoms with Crippen LogP contribution in [-0.4, -0.2) is 26.7 Å². The Morgan fingerprint density at radius 3 is 2.67 bits per heavy atom. The molecule has 0 bridgehead atoms. The first kappa shape index (κ1) is 27.1.